The molecule has 5 nitrogen and oxygen atoms in total. The molecule has 2 rings (SSSR count). The van der Waals surface area contributed by atoms with Crippen LogP contribution < -0.4 is 0 Å². The number of rotatable bonds is 4. The summed E-state index contributed by atoms with van der Waals surface area (Å²) in [6.07, 6.45) is 2.50. The minimum absolute atomic E-state index is 0.0361. The molecule has 1 amide bonds. The first-order chi connectivity index (χ1) is 8.66. The molecule has 0 radical (unpaired) electrons. The average molecular weight is 268 g/mol. The molecule has 0 aliphatic carbocycles. The zero-order chi connectivity index (χ0) is 13.0. The second-order valence-corrected chi connectivity index (χ2v) is 5.22. The van der Waals surface area contributed by atoms with Crippen molar-refractivity contribution in [2.45, 2.75) is 25.7 Å². The van der Waals surface area contributed by atoms with E-state index in [1.807, 2.05) is 5.38 Å². The van der Waals surface area contributed by atoms with Gasteiger partial charge >= 0.3 is 5.97 Å². The largest absolute Gasteiger partial charge is 0.481 e. The number of likely N-dealkylation sites (tertiary alicyclic amines) is 1. The van der Waals surface area contributed by atoms with Crippen LogP contribution in [0.1, 0.15) is 25.0 Å². The van der Waals surface area contributed by atoms with Gasteiger partial charge in [-0.15, -0.1) is 11.3 Å². The van der Waals surface area contributed by atoms with Gasteiger partial charge in [0.25, 0.3) is 0 Å². The Balaban J connectivity index is 1.83. The minimum Gasteiger partial charge on any atom is -0.481 e. The van der Waals surface area contributed by atoms with Crippen molar-refractivity contribution in [3.8, 4) is 0 Å². The normalized spacial score (nSPS) is 19.8. The monoisotopic (exact) mass is 268 g/mol. The van der Waals surface area contributed by atoms with Crippen molar-refractivity contribution in [3.63, 3.8) is 0 Å². The van der Waals surface area contributed by atoms with Crippen LogP contribution in [-0.2, 0) is 16.0 Å². The SMILES string of the molecule is O=C(O)[C@@H]1CCCN(C(=O)CCc2cscn2)C1. The molecule has 1 aliphatic rings. The number of carbonyl (C=O) groups is 2. The second kappa shape index (κ2) is 5.95. The smallest absolute Gasteiger partial charge is 0.308 e. The zero-order valence-electron chi connectivity index (χ0n) is 10.0. The number of amides is 1. The Morgan fingerprint density at radius 2 is 2.39 bits per heavy atom. The summed E-state index contributed by atoms with van der Waals surface area (Å²) in [5.74, 6) is -1.16. The van der Waals surface area contributed by atoms with E-state index in [9.17, 15) is 9.59 Å². The van der Waals surface area contributed by atoms with Gasteiger partial charge in [-0.25, -0.2) is 4.98 Å². The van der Waals surface area contributed by atoms with E-state index in [0.29, 0.717) is 32.4 Å². The van der Waals surface area contributed by atoms with Crippen LogP contribution in [0.3, 0.4) is 0 Å². The summed E-state index contributed by atoms with van der Waals surface area (Å²) in [6, 6.07) is 0. The number of carbonyl (C=O) groups excluding carboxylic acids is 1. The van der Waals surface area contributed by atoms with Gasteiger partial charge in [0, 0.05) is 24.9 Å². The van der Waals surface area contributed by atoms with E-state index < -0.39 is 11.9 Å². The fourth-order valence-corrected chi connectivity index (χ4v) is 2.75. The molecule has 6 heteroatoms. The molecule has 1 atom stereocenters. The zero-order valence-corrected chi connectivity index (χ0v) is 10.9. The molecule has 1 fully saturated rings. The summed E-state index contributed by atoms with van der Waals surface area (Å²) in [7, 11) is 0. The first kappa shape index (κ1) is 13.0. The fraction of sp³-hybridized carbons (Fsp3) is 0.583. The van der Waals surface area contributed by atoms with E-state index in [0.717, 1.165) is 12.1 Å². The van der Waals surface area contributed by atoms with Gasteiger partial charge < -0.3 is 10.0 Å². The van der Waals surface area contributed by atoms with E-state index in [1.54, 1.807) is 10.4 Å². The summed E-state index contributed by atoms with van der Waals surface area (Å²) >= 11 is 1.52. The topological polar surface area (TPSA) is 70.5 Å². The van der Waals surface area contributed by atoms with Crippen LogP contribution in [0.4, 0.5) is 0 Å². The Bertz CT molecular complexity index is 419. The molecule has 1 aromatic heterocycles. The quantitative estimate of drug-likeness (QED) is 0.896. The van der Waals surface area contributed by atoms with Crippen LogP contribution in [0.5, 0.6) is 0 Å². The van der Waals surface area contributed by atoms with Crippen molar-refractivity contribution in [2.24, 2.45) is 5.92 Å². The van der Waals surface area contributed by atoms with Crippen LogP contribution >= 0.6 is 11.3 Å². The molecule has 1 N–H and O–H groups in total. The van der Waals surface area contributed by atoms with Crippen molar-refractivity contribution >= 4 is 23.2 Å². The van der Waals surface area contributed by atoms with Crippen LogP contribution in [0.25, 0.3) is 0 Å². The molecule has 1 aliphatic heterocycles. The summed E-state index contributed by atoms with van der Waals surface area (Å²) in [5, 5.41) is 10.9. The summed E-state index contributed by atoms with van der Waals surface area (Å²) in [4.78, 5) is 28.7. The van der Waals surface area contributed by atoms with Crippen LogP contribution in [0, 0.1) is 5.92 Å². The lowest BCUT2D eigenvalue weighted by Gasteiger charge is -2.30. The number of carboxylic acid groups (broad SMARTS) is 1. The molecule has 1 saturated heterocycles. The molecule has 0 aromatic carbocycles. The lowest BCUT2D eigenvalue weighted by Crippen LogP contribution is -2.42. The standard InChI is InChI=1S/C12H16N2O3S/c15-11(4-3-10-7-18-8-13-10)14-5-1-2-9(6-14)12(16)17/h7-9H,1-6H2,(H,16,17)/t9-/m1/s1. The third-order valence-corrected chi connectivity index (χ3v) is 3.84. The molecule has 0 spiro atoms. The molecule has 2 heterocycles. The number of carboxylic acids is 1. The summed E-state index contributed by atoms with van der Waals surface area (Å²) in [5.41, 5.74) is 2.68. The third kappa shape index (κ3) is 3.29. The Kier molecular flexibility index (Phi) is 4.30. The highest BCUT2D eigenvalue weighted by Gasteiger charge is 2.27. The van der Waals surface area contributed by atoms with E-state index >= 15 is 0 Å². The lowest BCUT2D eigenvalue weighted by atomic mass is 9.98. The summed E-state index contributed by atoms with van der Waals surface area (Å²) in [6.45, 7) is 1.03. The highest BCUT2D eigenvalue weighted by molar-refractivity contribution is 7.07. The van der Waals surface area contributed by atoms with Gasteiger partial charge in [0.2, 0.25) is 5.91 Å². The average Bonchev–Trinajstić information content (AvgIpc) is 2.89. The third-order valence-electron chi connectivity index (χ3n) is 3.20. The van der Waals surface area contributed by atoms with Gasteiger partial charge in [-0.05, 0) is 19.3 Å². The van der Waals surface area contributed by atoms with Crippen molar-refractivity contribution in [3.05, 3.63) is 16.6 Å². The molecular formula is C12H16N2O3S. The number of thiazole rings is 1. The molecule has 0 bridgehead atoms. The number of nitrogens with zero attached hydrogens (tertiary/aromatic N) is 2. The number of aliphatic carboxylic acids is 1. The van der Waals surface area contributed by atoms with Crippen LogP contribution in [0.2, 0.25) is 0 Å². The Morgan fingerprint density at radius 1 is 1.56 bits per heavy atom. The first-order valence-corrected chi connectivity index (χ1v) is 6.98. The first-order valence-electron chi connectivity index (χ1n) is 6.04. The van der Waals surface area contributed by atoms with E-state index in [4.69, 9.17) is 5.11 Å². The maximum atomic E-state index is 12.0. The van der Waals surface area contributed by atoms with Gasteiger partial charge in [0.05, 0.1) is 17.1 Å². The van der Waals surface area contributed by atoms with Gasteiger partial charge in [-0.2, -0.15) is 0 Å². The molecule has 0 unspecified atom stereocenters. The molecule has 0 saturated carbocycles. The molecule has 18 heavy (non-hydrogen) atoms. The van der Waals surface area contributed by atoms with Crippen molar-refractivity contribution in [1.29, 1.82) is 0 Å². The van der Waals surface area contributed by atoms with Gasteiger partial charge in [0.1, 0.15) is 0 Å². The number of aryl methyl sites for hydroxylation is 1. The molecule has 98 valence electrons. The maximum Gasteiger partial charge on any atom is 0.308 e. The number of hydrogen-bond acceptors (Lipinski definition) is 4. The Labute approximate surface area is 109 Å². The van der Waals surface area contributed by atoms with Crippen molar-refractivity contribution in [1.82, 2.24) is 9.88 Å². The van der Waals surface area contributed by atoms with Crippen LogP contribution in [-0.4, -0.2) is 40.0 Å². The fourth-order valence-electron chi connectivity index (χ4n) is 2.16. The Morgan fingerprint density at radius 3 is 3.06 bits per heavy atom. The minimum atomic E-state index is -0.799. The van der Waals surface area contributed by atoms with E-state index in [2.05, 4.69) is 4.98 Å². The predicted octanol–water partition coefficient (Wildman–Crippen LogP) is 1.40. The number of hydrogen-bond donors (Lipinski definition) is 1. The lowest BCUT2D eigenvalue weighted by molar-refractivity contribution is -0.145. The molecular weight excluding hydrogens is 252 g/mol. The van der Waals surface area contributed by atoms with Gasteiger partial charge in [0.15, 0.2) is 0 Å². The highest BCUT2D eigenvalue weighted by atomic mass is 32.1. The predicted molar refractivity (Wildman–Crippen MR) is 67.4 cm³/mol. The van der Waals surface area contributed by atoms with Crippen molar-refractivity contribution < 1.29 is 14.7 Å². The van der Waals surface area contributed by atoms with E-state index in [1.165, 1.54) is 11.3 Å². The van der Waals surface area contributed by atoms with E-state index in [-0.39, 0.29) is 5.91 Å². The van der Waals surface area contributed by atoms with Crippen LogP contribution in [0.15, 0.2) is 10.9 Å². The molecule has 1 aromatic rings. The maximum absolute atomic E-state index is 12.0. The second-order valence-electron chi connectivity index (χ2n) is 4.50. The Hall–Kier alpha value is -1.43. The number of aromatic nitrogens is 1. The summed E-state index contributed by atoms with van der Waals surface area (Å²) < 4.78 is 0. The number of piperidine rings is 1. The van der Waals surface area contributed by atoms with Gasteiger partial charge in [-0.1, -0.05) is 0 Å². The van der Waals surface area contributed by atoms with Gasteiger partial charge in [-0.3, -0.25) is 9.59 Å². The highest BCUT2D eigenvalue weighted by Crippen LogP contribution is 2.17. The van der Waals surface area contributed by atoms with Crippen molar-refractivity contribution in [2.75, 3.05) is 13.1 Å².